The van der Waals surface area contributed by atoms with Crippen LogP contribution in [0.5, 0.6) is 0 Å². The topological polar surface area (TPSA) is 0 Å². The van der Waals surface area contributed by atoms with Crippen LogP contribution >= 0.6 is 0 Å². The first-order chi connectivity index (χ1) is 29.0. The molecule has 0 spiro atoms. The van der Waals surface area contributed by atoms with Crippen molar-refractivity contribution in [2.24, 2.45) is 0 Å². The molecule has 59 heavy (non-hydrogen) atoms. The van der Waals surface area contributed by atoms with Gasteiger partial charge < -0.3 is 0 Å². The molecule has 11 aromatic rings. The van der Waals surface area contributed by atoms with Crippen molar-refractivity contribution in [2.45, 2.75) is 19.3 Å². The predicted molar refractivity (Wildman–Crippen MR) is 253 cm³/mol. The molecule has 0 N–H and O–H groups in total. The van der Waals surface area contributed by atoms with Gasteiger partial charge in [-0.05, 0) is 139 Å². The third-order valence-corrected chi connectivity index (χ3v) is 13.2. The Hall–Kier alpha value is -7.28. The minimum absolute atomic E-state index is 0.0612. The first-order valence-electron chi connectivity index (χ1n) is 20.8. The largest absolute Gasteiger partial charge is 0.0616 e. The van der Waals surface area contributed by atoms with Crippen molar-refractivity contribution in [1.82, 2.24) is 0 Å². The Labute approximate surface area is 344 Å². The fraction of sp³-hybridized carbons (Fsp3) is 0.0508. The summed E-state index contributed by atoms with van der Waals surface area (Å²) in [7, 11) is 0. The first-order valence-corrected chi connectivity index (χ1v) is 20.8. The summed E-state index contributed by atoms with van der Waals surface area (Å²) >= 11 is 0. The molecule has 0 radical (unpaired) electrons. The molecular formula is C59H40. The molecule has 276 valence electrons. The number of benzene rings is 11. The zero-order valence-corrected chi connectivity index (χ0v) is 33.1. The Bertz CT molecular complexity index is 3450. The van der Waals surface area contributed by atoms with E-state index in [9.17, 15) is 0 Å². The summed E-state index contributed by atoms with van der Waals surface area (Å²) in [6.07, 6.45) is 0. The van der Waals surface area contributed by atoms with Gasteiger partial charge in [0.2, 0.25) is 0 Å². The van der Waals surface area contributed by atoms with E-state index in [4.69, 9.17) is 0 Å². The van der Waals surface area contributed by atoms with E-state index in [1.807, 2.05) is 0 Å². The smallest absolute Gasteiger partial charge is 0.0165 e. The van der Waals surface area contributed by atoms with Crippen molar-refractivity contribution in [1.29, 1.82) is 0 Å². The molecule has 0 unspecified atom stereocenters. The molecule has 0 aromatic heterocycles. The van der Waals surface area contributed by atoms with Crippen LogP contribution in [0.4, 0.5) is 0 Å². The molecular weight excluding hydrogens is 709 g/mol. The molecule has 1 aliphatic carbocycles. The summed E-state index contributed by atoms with van der Waals surface area (Å²) in [5.74, 6) is 0. The van der Waals surface area contributed by atoms with Crippen LogP contribution in [0.1, 0.15) is 25.0 Å². The van der Waals surface area contributed by atoms with Gasteiger partial charge in [-0.15, -0.1) is 0 Å². The zero-order chi connectivity index (χ0) is 39.2. The molecule has 0 saturated carbocycles. The lowest BCUT2D eigenvalue weighted by Crippen LogP contribution is -2.15. The van der Waals surface area contributed by atoms with Crippen molar-refractivity contribution in [3.8, 4) is 55.6 Å². The lowest BCUT2D eigenvalue weighted by Gasteiger charge is -2.23. The van der Waals surface area contributed by atoms with E-state index in [0.717, 1.165) is 0 Å². The summed E-state index contributed by atoms with van der Waals surface area (Å²) < 4.78 is 0. The summed E-state index contributed by atoms with van der Waals surface area (Å²) in [5.41, 5.74) is 15.5. The molecule has 0 bridgehead atoms. The molecule has 0 saturated heterocycles. The standard InChI is InChI=1S/C59H40/c1-59(2)55-33-31-40(35-54(55)52-32-30-38-14-3-6-19-45(38)58(52)59)37-26-28-39(29-27-37)56-48-22-9-11-24-50(48)57(51-25-12-10-23-49(51)56)43-17-13-16-41(34-43)53-36-42-15-4-5-18-44(42)46-20-7-8-21-47(46)53/h3-36H,1-2H3. The van der Waals surface area contributed by atoms with Gasteiger partial charge in [-0.25, -0.2) is 0 Å². The summed E-state index contributed by atoms with van der Waals surface area (Å²) in [5, 5.41) is 12.8. The number of hydrogen-bond donors (Lipinski definition) is 0. The van der Waals surface area contributed by atoms with Crippen molar-refractivity contribution in [3.05, 3.63) is 217 Å². The highest BCUT2D eigenvalue weighted by Crippen LogP contribution is 2.52. The number of fused-ring (bicyclic) bond motifs is 10. The minimum Gasteiger partial charge on any atom is -0.0616 e. The average molecular weight is 749 g/mol. The van der Waals surface area contributed by atoms with Crippen LogP contribution in [0, 0.1) is 0 Å². The number of hydrogen-bond acceptors (Lipinski definition) is 0. The Morgan fingerprint density at radius 3 is 1.49 bits per heavy atom. The van der Waals surface area contributed by atoms with Gasteiger partial charge in [-0.1, -0.05) is 202 Å². The van der Waals surface area contributed by atoms with Crippen LogP contribution in [0.15, 0.2) is 206 Å². The average Bonchev–Trinajstić information content (AvgIpc) is 3.53. The van der Waals surface area contributed by atoms with Gasteiger partial charge in [-0.2, -0.15) is 0 Å². The summed E-state index contributed by atoms with van der Waals surface area (Å²) in [6, 6.07) is 76.9. The molecule has 1 aliphatic rings. The van der Waals surface area contributed by atoms with Crippen molar-refractivity contribution >= 4 is 53.9 Å². The lowest BCUT2D eigenvalue weighted by atomic mass is 9.80. The zero-order valence-electron chi connectivity index (χ0n) is 33.1. The quantitative estimate of drug-likeness (QED) is 0.124. The van der Waals surface area contributed by atoms with Crippen molar-refractivity contribution < 1.29 is 0 Å². The highest BCUT2D eigenvalue weighted by Gasteiger charge is 2.37. The molecule has 0 fully saturated rings. The van der Waals surface area contributed by atoms with Crippen molar-refractivity contribution in [3.63, 3.8) is 0 Å². The van der Waals surface area contributed by atoms with E-state index in [1.165, 1.54) is 121 Å². The third kappa shape index (κ3) is 5.09. The Kier molecular flexibility index (Phi) is 7.38. The van der Waals surface area contributed by atoms with Crippen LogP contribution < -0.4 is 0 Å². The molecule has 0 amide bonds. The van der Waals surface area contributed by atoms with Gasteiger partial charge >= 0.3 is 0 Å². The van der Waals surface area contributed by atoms with Crippen LogP contribution in [0.2, 0.25) is 0 Å². The van der Waals surface area contributed by atoms with Crippen LogP contribution in [-0.4, -0.2) is 0 Å². The third-order valence-electron chi connectivity index (χ3n) is 13.2. The van der Waals surface area contributed by atoms with Gasteiger partial charge in [0, 0.05) is 5.41 Å². The summed E-state index contributed by atoms with van der Waals surface area (Å²) in [4.78, 5) is 0. The van der Waals surface area contributed by atoms with Crippen molar-refractivity contribution in [2.75, 3.05) is 0 Å². The van der Waals surface area contributed by atoms with Crippen LogP contribution in [-0.2, 0) is 5.41 Å². The Balaban J connectivity index is 0.983. The molecule has 0 heteroatoms. The highest BCUT2D eigenvalue weighted by atomic mass is 14.4. The van der Waals surface area contributed by atoms with Crippen LogP contribution in [0.3, 0.4) is 0 Å². The Morgan fingerprint density at radius 1 is 0.271 bits per heavy atom. The first kappa shape index (κ1) is 33.8. The van der Waals surface area contributed by atoms with E-state index in [-0.39, 0.29) is 5.41 Å². The second-order valence-electron chi connectivity index (χ2n) is 16.8. The molecule has 0 heterocycles. The molecule has 0 atom stereocenters. The van der Waals surface area contributed by atoms with Gasteiger partial charge in [0.15, 0.2) is 0 Å². The van der Waals surface area contributed by atoms with E-state index in [0.29, 0.717) is 0 Å². The second kappa shape index (κ2) is 12.9. The maximum atomic E-state index is 2.42. The van der Waals surface area contributed by atoms with E-state index in [2.05, 4.69) is 220 Å². The molecule has 11 aromatic carbocycles. The molecule has 0 aliphatic heterocycles. The molecule has 0 nitrogen and oxygen atoms in total. The van der Waals surface area contributed by atoms with E-state index in [1.54, 1.807) is 0 Å². The fourth-order valence-electron chi connectivity index (χ4n) is 10.5. The second-order valence-corrected chi connectivity index (χ2v) is 16.8. The van der Waals surface area contributed by atoms with E-state index < -0.39 is 0 Å². The SMILES string of the molecule is CC1(C)c2ccc(-c3ccc(-c4c5ccccc5c(-c5cccc(-c6cc7ccccc7c7ccccc67)c5)c5ccccc45)cc3)cc2-c2ccc3ccccc3c21. The fourth-order valence-corrected chi connectivity index (χ4v) is 10.5. The molecule has 12 rings (SSSR count). The summed E-state index contributed by atoms with van der Waals surface area (Å²) in [6.45, 7) is 4.75. The monoisotopic (exact) mass is 748 g/mol. The highest BCUT2D eigenvalue weighted by molar-refractivity contribution is 6.22. The maximum absolute atomic E-state index is 2.42. The van der Waals surface area contributed by atoms with Gasteiger partial charge in [0.25, 0.3) is 0 Å². The van der Waals surface area contributed by atoms with Crippen LogP contribution in [0.25, 0.3) is 109 Å². The normalized spacial score (nSPS) is 13.1. The Morgan fingerprint density at radius 2 is 0.797 bits per heavy atom. The number of rotatable bonds is 4. The van der Waals surface area contributed by atoms with E-state index >= 15 is 0 Å². The lowest BCUT2D eigenvalue weighted by molar-refractivity contribution is 0.666. The van der Waals surface area contributed by atoms with Gasteiger partial charge in [0.05, 0.1) is 0 Å². The maximum Gasteiger partial charge on any atom is 0.0165 e. The predicted octanol–water partition coefficient (Wildman–Crippen LogP) is 16.4. The van der Waals surface area contributed by atoms with Gasteiger partial charge in [-0.3, -0.25) is 0 Å². The minimum atomic E-state index is -0.0612. The van der Waals surface area contributed by atoms with Gasteiger partial charge in [0.1, 0.15) is 0 Å².